The summed E-state index contributed by atoms with van der Waals surface area (Å²) in [6, 6.07) is 18.9. The summed E-state index contributed by atoms with van der Waals surface area (Å²) in [5, 5.41) is 5.25. The SMILES string of the molecule is O=C(NCCOc1ccc(F)cc1F)Nc1ccc(Oc2ccccc2)cc1. The van der Waals surface area contributed by atoms with E-state index in [1.807, 2.05) is 30.3 Å². The van der Waals surface area contributed by atoms with Crippen LogP contribution in [0.15, 0.2) is 72.8 Å². The Labute approximate surface area is 160 Å². The number of hydrogen-bond donors (Lipinski definition) is 2. The lowest BCUT2D eigenvalue weighted by atomic mass is 10.3. The van der Waals surface area contributed by atoms with Gasteiger partial charge in [-0.05, 0) is 48.5 Å². The molecule has 0 heterocycles. The summed E-state index contributed by atoms with van der Waals surface area (Å²) in [6.07, 6.45) is 0. The minimum atomic E-state index is -0.790. The predicted octanol–water partition coefficient (Wildman–Crippen LogP) is 4.96. The van der Waals surface area contributed by atoms with Crippen LogP contribution in [0.5, 0.6) is 17.2 Å². The maximum atomic E-state index is 13.4. The number of amides is 2. The van der Waals surface area contributed by atoms with Crippen LogP contribution in [-0.2, 0) is 0 Å². The van der Waals surface area contributed by atoms with Crippen LogP contribution in [0.1, 0.15) is 0 Å². The maximum Gasteiger partial charge on any atom is 0.319 e. The van der Waals surface area contributed by atoms with Crippen molar-refractivity contribution in [3.63, 3.8) is 0 Å². The van der Waals surface area contributed by atoms with E-state index in [4.69, 9.17) is 9.47 Å². The fourth-order valence-electron chi connectivity index (χ4n) is 2.32. The first-order valence-electron chi connectivity index (χ1n) is 8.56. The van der Waals surface area contributed by atoms with Crippen LogP contribution in [0.2, 0.25) is 0 Å². The molecule has 0 bridgehead atoms. The number of nitrogens with one attached hydrogen (secondary N) is 2. The molecule has 0 radical (unpaired) electrons. The molecule has 28 heavy (non-hydrogen) atoms. The van der Waals surface area contributed by atoms with Crippen molar-refractivity contribution in [2.45, 2.75) is 0 Å². The second-order valence-corrected chi connectivity index (χ2v) is 5.74. The lowest BCUT2D eigenvalue weighted by Crippen LogP contribution is -2.32. The van der Waals surface area contributed by atoms with Crippen molar-refractivity contribution >= 4 is 11.7 Å². The van der Waals surface area contributed by atoms with Gasteiger partial charge in [0, 0.05) is 11.8 Å². The molecule has 2 amide bonds. The second kappa shape index (κ2) is 9.36. The number of para-hydroxylation sites is 1. The van der Waals surface area contributed by atoms with Gasteiger partial charge in [0.1, 0.15) is 23.9 Å². The average Bonchev–Trinajstić information content (AvgIpc) is 2.69. The van der Waals surface area contributed by atoms with Gasteiger partial charge < -0.3 is 20.1 Å². The number of rotatable bonds is 7. The van der Waals surface area contributed by atoms with Crippen molar-refractivity contribution < 1.29 is 23.0 Å². The van der Waals surface area contributed by atoms with E-state index in [2.05, 4.69) is 10.6 Å². The van der Waals surface area contributed by atoms with Gasteiger partial charge in [-0.3, -0.25) is 0 Å². The molecule has 3 aromatic carbocycles. The number of hydrogen-bond acceptors (Lipinski definition) is 3. The largest absolute Gasteiger partial charge is 0.489 e. The second-order valence-electron chi connectivity index (χ2n) is 5.74. The number of benzene rings is 3. The third-order valence-electron chi connectivity index (χ3n) is 3.63. The van der Waals surface area contributed by atoms with Gasteiger partial charge in [-0.15, -0.1) is 0 Å². The normalized spacial score (nSPS) is 10.2. The van der Waals surface area contributed by atoms with Crippen LogP contribution >= 0.6 is 0 Å². The predicted molar refractivity (Wildman–Crippen MR) is 102 cm³/mol. The third kappa shape index (κ3) is 5.70. The molecule has 0 aliphatic heterocycles. The van der Waals surface area contributed by atoms with Crippen molar-refractivity contribution in [3.05, 3.63) is 84.4 Å². The number of urea groups is 1. The van der Waals surface area contributed by atoms with Gasteiger partial charge in [0.2, 0.25) is 0 Å². The number of halogens is 2. The van der Waals surface area contributed by atoms with Crippen LogP contribution in [0.3, 0.4) is 0 Å². The Bertz CT molecular complexity index is 919. The van der Waals surface area contributed by atoms with Crippen molar-refractivity contribution in [3.8, 4) is 17.2 Å². The van der Waals surface area contributed by atoms with Crippen molar-refractivity contribution in [2.24, 2.45) is 0 Å². The fraction of sp³-hybridized carbons (Fsp3) is 0.0952. The Morgan fingerprint density at radius 1 is 0.893 bits per heavy atom. The monoisotopic (exact) mass is 384 g/mol. The summed E-state index contributed by atoms with van der Waals surface area (Å²) in [4.78, 5) is 11.9. The van der Waals surface area contributed by atoms with Gasteiger partial charge in [0.05, 0.1) is 6.54 Å². The Morgan fingerprint density at radius 3 is 2.32 bits per heavy atom. The van der Waals surface area contributed by atoms with Crippen molar-refractivity contribution in [1.29, 1.82) is 0 Å². The molecular formula is C21H18F2N2O3. The molecule has 0 aliphatic carbocycles. The van der Waals surface area contributed by atoms with Crippen LogP contribution in [0.4, 0.5) is 19.3 Å². The number of carbonyl (C=O) groups excluding carboxylic acids is 1. The lowest BCUT2D eigenvalue weighted by molar-refractivity contribution is 0.246. The summed E-state index contributed by atoms with van der Waals surface area (Å²) >= 11 is 0. The molecule has 0 aliphatic rings. The minimum absolute atomic E-state index is 0.0415. The zero-order valence-corrected chi connectivity index (χ0v) is 14.8. The molecule has 0 fully saturated rings. The fourth-order valence-corrected chi connectivity index (χ4v) is 2.32. The summed E-state index contributed by atoms with van der Waals surface area (Å²) < 4.78 is 37.1. The van der Waals surface area contributed by atoms with E-state index in [-0.39, 0.29) is 18.9 Å². The average molecular weight is 384 g/mol. The summed E-state index contributed by atoms with van der Waals surface area (Å²) in [6.45, 7) is 0.192. The standard InChI is InChI=1S/C21H18F2N2O3/c22-15-6-11-20(19(23)14-15)27-13-12-24-21(26)25-16-7-9-18(10-8-16)28-17-4-2-1-3-5-17/h1-11,14H,12-13H2,(H2,24,25,26). The van der Waals surface area contributed by atoms with E-state index in [0.717, 1.165) is 17.9 Å². The van der Waals surface area contributed by atoms with Gasteiger partial charge >= 0.3 is 6.03 Å². The van der Waals surface area contributed by atoms with Crippen molar-refractivity contribution in [1.82, 2.24) is 5.32 Å². The van der Waals surface area contributed by atoms with Crippen LogP contribution in [-0.4, -0.2) is 19.2 Å². The van der Waals surface area contributed by atoms with Crippen LogP contribution < -0.4 is 20.1 Å². The van der Waals surface area contributed by atoms with Gasteiger partial charge in [-0.2, -0.15) is 0 Å². The highest BCUT2D eigenvalue weighted by molar-refractivity contribution is 5.89. The van der Waals surface area contributed by atoms with E-state index < -0.39 is 17.7 Å². The van der Waals surface area contributed by atoms with Gasteiger partial charge in [0.25, 0.3) is 0 Å². The first-order chi connectivity index (χ1) is 13.6. The smallest absolute Gasteiger partial charge is 0.319 e. The van der Waals surface area contributed by atoms with Crippen LogP contribution in [0.25, 0.3) is 0 Å². The van der Waals surface area contributed by atoms with Crippen molar-refractivity contribution in [2.75, 3.05) is 18.5 Å². The molecule has 0 aromatic heterocycles. The van der Waals surface area contributed by atoms with Gasteiger partial charge in [0.15, 0.2) is 11.6 Å². The van der Waals surface area contributed by atoms with Gasteiger partial charge in [-0.25, -0.2) is 13.6 Å². The molecule has 144 valence electrons. The molecule has 3 aromatic rings. The molecule has 0 saturated carbocycles. The highest BCUT2D eigenvalue weighted by atomic mass is 19.1. The van der Waals surface area contributed by atoms with E-state index >= 15 is 0 Å². The maximum absolute atomic E-state index is 13.4. The van der Waals surface area contributed by atoms with E-state index in [1.165, 1.54) is 6.07 Å². The molecule has 7 heteroatoms. The van der Waals surface area contributed by atoms with Gasteiger partial charge in [-0.1, -0.05) is 18.2 Å². The summed E-state index contributed by atoms with van der Waals surface area (Å²) in [7, 11) is 0. The Morgan fingerprint density at radius 2 is 1.61 bits per heavy atom. The quantitative estimate of drug-likeness (QED) is 0.566. The highest BCUT2D eigenvalue weighted by Gasteiger charge is 2.06. The topological polar surface area (TPSA) is 59.6 Å². The molecule has 0 spiro atoms. The minimum Gasteiger partial charge on any atom is -0.489 e. The van der Waals surface area contributed by atoms with Crippen LogP contribution in [0, 0.1) is 11.6 Å². The third-order valence-corrected chi connectivity index (χ3v) is 3.63. The number of carbonyl (C=O) groups is 1. The molecule has 2 N–H and O–H groups in total. The van der Waals surface area contributed by atoms with E-state index in [0.29, 0.717) is 11.4 Å². The molecule has 0 unspecified atom stereocenters. The van der Waals surface area contributed by atoms with E-state index in [9.17, 15) is 13.6 Å². The highest BCUT2D eigenvalue weighted by Crippen LogP contribution is 2.22. The zero-order chi connectivity index (χ0) is 19.8. The summed E-state index contributed by atoms with van der Waals surface area (Å²) in [5.41, 5.74) is 0.586. The molecule has 3 rings (SSSR count). The number of ether oxygens (including phenoxy) is 2. The Balaban J connectivity index is 1.40. The number of anilines is 1. The Hall–Kier alpha value is -3.61. The van der Waals surface area contributed by atoms with E-state index in [1.54, 1.807) is 24.3 Å². The molecular weight excluding hydrogens is 366 g/mol. The zero-order valence-electron chi connectivity index (χ0n) is 14.8. The summed E-state index contributed by atoms with van der Waals surface area (Å²) in [5.74, 6) is -0.173. The molecule has 5 nitrogen and oxygen atoms in total. The lowest BCUT2D eigenvalue weighted by Gasteiger charge is -2.10. The first-order valence-corrected chi connectivity index (χ1v) is 8.56. The molecule has 0 atom stereocenters. The first kappa shape index (κ1) is 19.2. The Kier molecular flexibility index (Phi) is 6.41. The molecule has 0 saturated heterocycles.